The Bertz CT molecular complexity index is 940. The van der Waals surface area contributed by atoms with Crippen LogP contribution in [-0.4, -0.2) is 7.85 Å². The summed E-state index contributed by atoms with van der Waals surface area (Å²) in [6.45, 7) is 0. The van der Waals surface area contributed by atoms with Crippen molar-refractivity contribution in [2.75, 3.05) is 0 Å². The molecule has 4 aromatic rings. The monoisotopic (exact) mass is 280 g/mol. The van der Waals surface area contributed by atoms with Crippen LogP contribution in [-0.2, 0) is 0 Å². The van der Waals surface area contributed by atoms with E-state index in [-0.39, 0.29) is 0 Å². The molecular formula is C16H10BClS. The van der Waals surface area contributed by atoms with Crippen molar-refractivity contribution in [3.8, 4) is 0 Å². The van der Waals surface area contributed by atoms with Gasteiger partial charge in [0.2, 0.25) is 0 Å². The van der Waals surface area contributed by atoms with Crippen LogP contribution in [0, 0.1) is 0 Å². The van der Waals surface area contributed by atoms with E-state index in [0.717, 1.165) is 5.02 Å². The molecule has 3 heteroatoms. The smallest absolute Gasteiger partial charge is 0.135 e. The molecule has 0 unspecified atom stereocenters. The minimum Gasteiger partial charge on any atom is -0.135 e. The van der Waals surface area contributed by atoms with E-state index >= 15 is 0 Å². The fourth-order valence-electron chi connectivity index (χ4n) is 2.68. The van der Waals surface area contributed by atoms with E-state index in [0.29, 0.717) is 0 Å². The second-order valence-electron chi connectivity index (χ2n) is 4.81. The first-order valence-electron chi connectivity index (χ1n) is 6.25. The maximum Gasteiger partial charge on any atom is 0.143 e. The molecule has 0 aliphatic carbocycles. The summed E-state index contributed by atoms with van der Waals surface area (Å²) in [6, 6.07) is 17.1. The van der Waals surface area contributed by atoms with Crippen molar-refractivity contribution in [2.24, 2.45) is 0 Å². The Hall–Kier alpha value is -1.51. The Balaban J connectivity index is 2.30. The summed E-state index contributed by atoms with van der Waals surface area (Å²) in [4.78, 5) is 0. The fraction of sp³-hybridized carbons (Fsp3) is 0. The van der Waals surface area contributed by atoms with Crippen LogP contribution in [0.3, 0.4) is 0 Å². The molecule has 3 aromatic carbocycles. The Morgan fingerprint density at radius 2 is 1.53 bits per heavy atom. The molecule has 0 fully saturated rings. The van der Waals surface area contributed by atoms with Crippen LogP contribution < -0.4 is 5.46 Å². The first-order valence-corrected chi connectivity index (χ1v) is 7.44. The van der Waals surface area contributed by atoms with Gasteiger partial charge in [0.05, 0.1) is 0 Å². The summed E-state index contributed by atoms with van der Waals surface area (Å²) >= 11 is 8.09. The van der Waals surface area contributed by atoms with Gasteiger partial charge >= 0.3 is 0 Å². The van der Waals surface area contributed by atoms with Gasteiger partial charge in [-0.1, -0.05) is 59.5 Å². The van der Waals surface area contributed by atoms with Crippen LogP contribution in [0.25, 0.3) is 30.9 Å². The highest BCUT2D eigenvalue weighted by Gasteiger charge is 2.10. The average Bonchev–Trinajstić information content (AvgIpc) is 2.83. The Labute approximate surface area is 121 Å². The lowest BCUT2D eigenvalue weighted by molar-refractivity contribution is 1.82. The van der Waals surface area contributed by atoms with Crippen molar-refractivity contribution < 1.29 is 0 Å². The molecule has 1 aromatic heterocycles. The third kappa shape index (κ3) is 1.54. The second kappa shape index (κ2) is 3.99. The van der Waals surface area contributed by atoms with Crippen LogP contribution in [0.1, 0.15) is 0 Å². The molecule has 0 bridgehead atoms. The Kier molecular flexibility index (Phi) is 2.38. The first-order chi connectivity index (χ1) is 9.25. The molecule has 0 saturated heterocycles. The number of halogens is 1. The van der Waals surface area contributed by atoms with E-state index in [4.69, 9.17) is 11.6 Å². The van der Waals surface area contributed by atoms with Gasteiger partial charge in [0, 0.05) is 19.8 Å². The van der Waals surface area contributed by atoms with Crippen molar-refractivity contribution in [2.45, 2.75) is 0 Å². The average molecular weight is 281 g/mol. The molecule has 0 spiro atoms. The lowest BCUT2D eigenvalue weighted by Gasteiger charge is -1.99. The molecule has 0 nitrogen and oxygen atoms in total. The van der Waals surface area contributed by atoms with E-state index < -0.39 is 0 Å². The van der Waals surface area contributed by atoms with Gasteiger partial charge in [-0.25, -0.2) is 0 Å². The molecule has 4 rings (SSSR count). The zero-order chi connectivity index (χ0) is 13.0. The van der Waals surface area contributed by atoms with Gasteiger partial charge in [-0.2, -0.15) is 0 Å². The molecule has 0 radical (unpaired) electrons. The van der Waals surface area contributed by atoms with Crippen LogP contribution in [0.5, 0.6) is 0 Å². The number of fused-ring (bicyclic) bond motifs is 5. The van der Waals surface area contributed by atoms with Crippen LogP contribution >= 0.6 is 22.9 Å². The van der Waals surface area contributed by atoms with Gasteiger partial charge in [0.25, 0.3) is 0 Å². The zero-order valence-corrected chi connectivity index (χ0v) is 12.0. The van der Waals surface area contributed by atoms with Crippen molar-refractivity contribution >= 4 is 67.2 Å². The van der Waals surface area contributed by atoms with Crippen LogP contribution in [0.15, 0.2) is 48.5 Å². The highest BCUT2D eigenvalue weighted by molar-refractivity contribution is 7.27. The third-order valence-electron chi connectivity index (χ3n) is 3.71. The van der Waals surface area contributed by atoms with Crippen LogP contribution in [0.4, 0.5) is 0 Å². The number of rotatable bonds is 0. The molecule has 0 aliphatic heterocycles. The minimum absolute atomic E-state index is 0.850. The lowest BCUT2D eigenvalue weighted by Crippen LogP contribution is -2.02. The molecule has 0 aliphatic rings. The highest BCUT2D eigenvalue weighted by Crippen LogP contribution is 2.38. The van der Waals surface area contributed by atoms with Gasteiger partial charge in [0.15, 0.2) is 0 Å². The minimum atomic E-state index is 0.850. The topological polar surface area (TPSA) is 0 Å². The summed E-state index contributed by atoms with van der Waals surface area (Å²) in [7, 11) is 2.10. The van der Waals surface area contributed by atoms with E-state index in [1.54, 1.807) is 0 Å². The molecule has 0 atom stereocenters. The Morgan fingerprint density at radius 3 is 2.42 bits per heavy atom. The maximum absolute atomic E-state index is 6.24. The zero-order valence-electron chi connectivity index (χ0n) is 10.4. The van der Waals surface area contributed by atoms with Crippen molar-refractivity contribution in [1.29, 1.82) is 0 Å². The van der Waals surface area contributed by atoms with E-state index in [1.807, 2.05) is 17.4 Å². The van der Waals surface area contributed by atoms with E-state index in [9.17, 15) is 0 Å². The largest absolute Gasteiger partial charge is 0.143 e. The normalized spacial score (nSPS) is 11.6. The Morgan fingerprint density at radius 1 is 0.789 bits per heavy atom. The molecule has 1 heterocycles. The van der Waals surface area contributed by atoms with Gasteiger partial charge in [-0.15, -0.1) is 11.3 Å². The summed E-state index contributed by atoms with van der Waals surface area (Å²) in [6.07, 6.45) is 0. The standard InChI is InChI=1S/C16H10BClS/c17-14-13(18)8-7-12-11-6-5-9-3-1-2-4-10(9)15(11)19-16(12)14/h1-8H,17H2. The van der Waals surface area contributed by atoms with Crippen LogP contribution in [0.2, 0.25) is 5.02 Å². The summed E-state index contributed by atoms with van der Waals surface area (Å²) in [5, 5.41) is 6.12. The molecular weight excluding hydrogens is 271 g/mol. The van der Waals surface area contributed by atoms with Crippen molar-refractivity contribution in [1.82, 2.24) is 0 Å². The van der Waals surface area contributed by atoms with Gasteiger partial charge in [0.1, 0.15) is 7.85 Å². The fourth-order valence-corrected chi connectivity index (χ4v) is 4.23. The molecule has 90 valence electrons. The second-order valence-corrected chi connectivity index (χ2v) is 6.24. The molecule has 19 heavy (non-hydrogen) atoms. The van der Waals surface area contributed by atoms with Crippen molar-refractivity contribution in [3.63, 3.8) is 0 Å². The molecule has 0 amide bonds. The van der Waals surface area contributed by atoms with Gasteiger partial charge in [-0.05, 0) is 22.2 Å². The van der Waals surface area contributed by atoms with E-state index in [2.05, 4.69) is 50.3 Å². The highest BCUT2D eigenvalue weighted by atomic mass is 35.5. The summed E-state index contributed by atoms with van der Waals surface area (Å²) < 4.78 is 2.66. The van der Waals surface area contributed by atoms with Gasteiger partial charge < -0.3 is 0 Å². The number of benzene rings is 3. The quantitative estimate of drug-likeness (QED) is 0.425. The molecule has 0 saturated carbocycles. The molecule has 0 N–H and O–H groups in total. The van der Waals surface area contributed by atoms with Gasteiger partial charge in [-0.3, -0.25) is 0 Å². The number of hydrogen-bond acceptors (Lipinski definition) is 1. The number of hydrogen-bond donors (Lipinski definition) is 0. The number of thiophene rings is 1. The summed E-state index contributed by atoms with van der Waals surface area (Å²) in [5.41, 5.74) is 1.18. The first kappa shape index (κ1) is 11.3. The predicted molar refractivity (Wildman–Crippen MR) is 90.0 cm³/mol. The van der Waals surface area contributed by atoms with Crippen molar-refractivity contribution in [3.05, 3.63) is 53.6 Å². The SMILES string of the molecule is Bc1c(Cl)ccc2c1sc1c3ccccc3ccc21. The predicted octanol–water partition coefficient (Wildman–Crippen LogP) is 4.12. The van der Waals surface area contributed by atoms with E-state index in [1.165, 1.54) is 36.4 Å². The maximum atomic E-state index is 6.24. The summed E-state index contributed by atoms with van der Waals surface area (Å²) in [5.74, 6) is 0. The lowest BCUT2D eigenvalue weighted by atomic mass is 9.94. The third-order valence-corrected chi connectivity index (χ3v) is 5.50.